The van der Waals surface area contributed by atoms with Crippen molar-refractivity contribution in [3.05, 3.63) is 80.5 Å². The van der Waals surface area contributed by atoms with Gasteiger partial charge in [-0.2, -0.15) is 0 Å². The second-order valence-corrected chi connectivity index (χ2v) is 8.25. The van der Waals surface area contributed by atoms with Crippen molar-refractivity contribution < 1.29 is 18.3 Å². The van der Waals surface area contributed by atoms with E-state index in [2.05, 4.69) is 4.98 Å². The lowest BCUT2D eigenvalue weighted by atomic mass is 10.0. The van der Waals surface area contributed by atoms with Gasteiger partial charge in [-0.25, -0.2) is 9.59 Å². The monoisotopic (exact) mass is 471 g/mol. The summed E-state index contributed by atoms with van der Waals surface area (Å²) >= 11 is 0. The fourth-order valence-electron chi connectivity index (χ4n) is 4.49. The van der Waals surface area contributed by atoms with Gasteiger partial charge in [-0.1, -0.05) is 0 Å². The summed E-state index contributed by atoms with van der Waals surface area (Å²) in [6.07, 6.45) is 0. The van der Waals surface area contributed by atoms with Crippen LogP contribution in [0.25, 0.3) is 44.5 Å². The standard InChI is InChI=1S/C28H25NO6/c1-5-32-17-7-9-19-15(3)25(27(30)34-23(19)13-17)21-11-12-22(29-21)26-16(4)20-10-8-18(33-6-2)14-24(20)35-28(26)31/h7-14,29H,5-6H2,1-4H3. The summed E-state index contributed by atoms with van der Waals surface area (Å²) in [5.74, 6) is 1.29. The average Bonchev–Trinajstić information content (AvgIpc) is 3.28. The van der Waals surface area contributed by atoms with Gasteiger partial charge in [0.05, 0.1) is 35.7 Å². The number of ether oxygens (including phenoxy) is 2. The molecule has 0 saturated heterocycles. The van der Waals surface area contributed by atoms with Crippen LogP contribution in [0.5, 0.6) is 11.5 Å². The van der Waals surface area contributed by atoms with E-state index in [4.69, 9.17) is 18.3 Å². The fourth-order valence-corrected chi connectivity index (χ4v) is 4.49. The van der Waals surface area contributed by atoms with Crippen LogP contribution in [-0.4, -0.2) is 18.2 Å². The predicted molar refractivity (Wildman–Crippen MR) is 136 cm³/mol. The van der Waals surface area contributed by atoms with Crippen molar-refractivity contribution in [3.8, 4) is 34.0 Å². The third kappa shape index (κ3) is 3.89. The second kappa shape index (κ2) is 8.83. The molecule has 0 spiro atoms. The highest BCUT2D eigenvalue weighted by molar-refractivity contribution is 5.89. The molecule has 5 rings (SSSR count). The van der Waals surface area contributed by atoms with Crippen molar-refractivity contribution in [1.82, 2.24) is 4.98 Å². The predicted octanol–water partition coefficient (Wildman–Crippen LogP) is 5.98. The number of rotatable bonds is 6. The van der Waals surface area contributed by atoms with Gasteiger partial charge in [-0.15, -0.1) is 0 Å². The third-order valence-electron chi connectivity index (χ3n) is 6.12. The van der Waals surface area contributed by atoms with E-state index in [1.165, 1.54) is 0 Å². The van der Waals surface area contributed by atoms with E-state index < -0.39 is 11.3 Å². The molecule has 1 N–H and O–H groups in total. The number of aromatic amines is 1. The number of benzene rings is 2. The Labute approximate surface area is 200 Å². The number of H-pyrrole nitrogens is 1. The molecule has 2 aromatic carbocycles. The molecule has 35 heavy (non-hydrogen) atoms. The van der Waals surface area contributed by atoms with Crippen LogP contribution in [0, 0.1) is 13.8 Å². The minimum atomic E-state index is -0.470. The van der Waals surface area contributed by atoms with E-state index in [1.807, 2.05) is 52.0 Å². The highest BCUT2D eigenvalue weighted by Crippen LogP contribution is 2.32. The van der Waals surface area contributed by atoms with Crippen molar-refractivity contribution in [3.63, 3.8) is 0 Å². The first kappa shape index (κ1) is 22.5. The van der Waals surface area contributed by atoms with Gasteiger partial charge in [-0.3, -0.25) is 0 Å². The van der Waals surface area contributed by atoms with Gasteiger partial charge in [0.1, 0.15) is 22.7 Å². The zero-order chi connectivity index (χ0) is 24.7. The van der Waals surface area contributed by atoms with Crippen LogP contribution in [0.1, 0.15) is 25.0 Å². The maximum atomic E-state index is 12.9. The van der Waals surface area contributed by atoms with Gasteiger partial charge in [-0.05, 0) is 75.2 Å². The van der Waals surface area contributed by atoms with Crippen LogP contribution in [0.2, 0.25) is 0 Å². The Hall–Kier alpha value is -4.26. The minimum absolute atomic E-state index is 0.414. The van der Waals surface area contributed by atoms with Gasteiger partial charge < -0.3 is 23.3 Å². The molecule has 0 aliphatic carbocycles. The van der Waals surface area contributed by atoms with Crippen molar-refractivity contribution in [2.75, 3.05) is 13.2 Å². The van der Waals surface area contributed by atoms with E-state index in [0.717, 1.165) is 21.9 Å². The Balaban J connectivity index is 1.61. The SMILES string of the molecule is CCOc1ccc2c(C)c(-c3ccc(-c4c(C)c5ccc(OCC)cc5oc4=O)[nH]3)c(=O)oc2c1. The maximum Gasteiger partial charge on any atom is 0.345 e. The summed E-state index contributed by atoms with van der Waals surface area (Å²) in [7, 11) is 0. The normalized spacial score (nSPS) is 11.3. The molecule has 7 nitrogen and oxygen atoms in total. The molecular formula is C28H25NO6. The summed E-state index contributed by atoms with van der Waals surface area (Å²) in [5.41, 5.74) is 3.50. The number of fused-ring (bicyclic) bond motifs is 2. The summed E-state index contributed by atoms with van der Waals surface area (Å²) in [5, 5.41) is 1.62. The zero-order valence-corrected chi connectivity index (χ0v) is 20.0. The molecule has 0 aliphatic rings. The Bertz CT molecular complexity index is 1560. The highest BCUT2D eigenvalue weighted by Gasteiger charge is 2.19. The lowest BCUT2D eigenvalue weighted by molar-refractivity contribution is 0.340. The van der Waals surface area contributed by atoms with Gasteiger partial charge in [0, 0.05) is 22.9 Å². The largest absolute Gasteiger partial charge is 0.494 e. The van der Waals surface area contributed by atoms with E-state index in [0.29, 0.717) is 58.4 Å². The molecule has 5 aromatic rings. The Morgan fingerprint density at radius 2 is 1.11 bits per heavy atom. The van der Waals surface area contributed by atoms with Crippen LogP contribution >= 0.6 is 0 Å². The molecule has 3 heterocycles. The molecule has 0 fully saturated rings. The Morgan fingerprint density at radius 3 is 1.51 bits per heavy atom. The zero-order valence-electron chi connectivity index (χ0n) is 20.0. The van der Waals surface area contributed by atoms with Crippen LogP contribution in [0.3, 0.4) is 0 Å². The smallest absolute Gasteiger partial charge is 0.345 e. The molecule has 0 amide bonds. The van der Waals surface area contributed by atoms with Crippen molar-refractivity contribution in [2.45, 2.75) is 27.7 Å². The Morgan fingerprint density at radius 1 is 0.686 bits per heavy atom. The molecular weight excluding hydrogens is 446 g/mol. The molecule has 178 valence electrons. The first-order valence-corrected chi connectivity index (χ1v) is 11.5. The van der Waals surface area contributed by atoms with Gasteiger partial charge in [0.25, 0.3) is 0 Å². The minimum Gasteiger partial charge on any atom is -0.494 e. The summed E-state index contributed by atoms with van der Waals surface area (Å²) in [4.78, 5) is 29.1. The van der Waals surface area contributed by atoms with Crippen molar-refractivity contribution in [2.24, 2.45) is 0 Å². The van der Waals surface area contributed by atoms with Crippen LogP contribution in [-0.2, 0) is 0 Å². The van der Waals surface area contributed by atoms with E-state index in [1.54, 1.807) is 24.3 Å². The summed E-state index contributed by atoms with van der Waals surface area (Å²) in [6.45, 7) is 8.59. The molecule has 0 radical (unpaired) electrons. The first-order valence-electron chi connectivity index (χ1n) is 11.5. The number of hydrogen-bond acceptors (Lipinski definition) is 6. The van der Waals surface area contributed by atoms with E-state index in [9.17, 15) is 9.59 Å². The third-order valence-corrected chi connectivity index (χ3v) is 6.12. The van der Waals surface area contributed by atoms with Gasteiger partial charge >= 0.3 is 11.3 Å². The van der Waals surface area contributed by atoms with Gasteiger partial charge in [0.15, 0.2) is 0 Å². The average molecular weight is 472 g/mol. The van der Waals surface area contributed by atoms with E-state index >= 15 is 0 Å². The number of aromatic nitrogens is 1. The highest BCUT2D eigenvalue weighted by atomic mass is 16.5. The number of nitrogens with one attached hydrogen (secondary N) is 1. The maximum absolute atomic E-state index is 12.9. The second-order valence-electron chi connectivity index (χ2n) is 8.25. The first-order chi connectivity index (χ1) is 16.9. The number of aryl methyl sites for hydroxylation is 2. The summed E-state index contributed by atoms with van der Waals surface area (Å²) in [6, 6.07) is 14.4. The Kier molecular flexibility index (Phi) is 5.68. The molecule has 0 atom stereocenters. The molecule has 3 aromatic heterocycles. The van der Waals surface area contributed by atoms with Crippen molar-refractivity contribution >= 4 is 21.9 Å². The lowest BCUT2D eigenvalue weighted by Gasteiger charge is -2.10. The topological polar surface area (TPSA) is 94.7 Å². The van der Waals surface area contributed by atoms with Crippen LogP contribution in [0.15, 0.2) is 67.0 Å². The molecule has 0 saturated carbocycles. The number of hydrogen-bond donors (Lipinski definition) is 1. The summed E-state index contributed by atoms with van der Waals surface area (Å²) < 4.78 is 22.3. The quantitative estimate of drug-likeness (QED) is 0.306. The van der Waals surface area contributed by atoms with E-state index in [-0.39, 0.29) is 0 Å². The molecule has 0 bridgehead atoms. The van der Waals surface area contributed by atoms with Crippen LogP contribution in [0.4, 0.5) is 0 Å². The fraction of sp³-hybridized carbons (Fsp3) is 0.214. The lowest BCUT2D eigenvalue weighted by Crippen LogP contribution is -2.08. The van der Waals surface area contributed by atoms with Crippen LogP contribution < -0.4 is 20.7 Å². The van der Waals surface area contributed by atoms with Gasteiger partial charge in [0.2, 0.25) is 0 Å². The van der Waals surface area contributed by atoms with Crippen molar-refractivity contribution in [1.29, 1.82) is 0 Å². The molecule has 0 aliphatic heterocycles. The molecule has 0 unspecified atom stereocenters. The molecule has 7 heteroatoms.